The molecular weight excluding hydrogens is 382 g/mol. The predicted octanol–water partition coefficient (Wildman–Crippen LogP) is 3.03. The molecule has 2 aromatic rings. The summed E-state index contributed by atoms with van der Waals surface area (Å²) < 4.78 is 7.08. The number of nitriles is 1. The van der Waals surface area contributed by atoms with Crippen LogP contribution in [0.4, 0.5) is 10.6 Å². The molecule has 0 N–H and O–H groups in total. The number of benzene rings is 1. The fourth-order valence-corrected chi connectivity index (χ4v) is 3.85. The average molecular weight is 412 g/mol. The topological polar surface area (TPSA) is 91.5 Å². The Bertz CT molecular complexity index is 1060. The van der Waals surface area contributed by atoms with Crippen LogP contribution in [-0.4, -0.2) is 51.3 Å². The monoisotopic (exact) mass is 411 g/mol. The Balaban J connectivity index is 2.02. The molecule has 160 valence electrons. The number of hydrogen-bond donors (Lipinski definition) is 0. The van der Waals surface area contributed by atoms with Crippen LogP contribution >= 0.6 is 0 Å². The van der Waals surface area contributed by atoms with Gasteiger partial charge < -0.3 is 14.5 Å². The summed E-state index contributed by atoms with van der Waals surface area (Å²) in [5.41, 5.74) is 0.319. The van der Waals surface area contributed by atoms with Gasteiger partial charge in [-0.2, -0.15) is 10.2 Å². The molecule has 0 radical (unpaired) electrons. The zero-order valence-corrected chi connectivity index (χ0v) is 18.5. The van der Waals surface area contributed by atoms with Crippen molar-refractivity contribution < 1.29 is 9.53 Å². The molecule has 3 rings (SSSR count). The number of hydrogen-bond acceptors (Lipinski definition) is 6. The molecule has 0 saturated carbocycles. The Kier molecular flexibility index (Phi) is 5.75. The number of aromatic nitrogens is 2. The number of nitrogens with zero attached hydrogens (tertiary/aromatic N) is 5. The van der Waals surface area contributed by atoms with Crippen molar-refractivity contribution in [3.63, 3.8) is 0 Å². The molecule has 0 aliphatic carbocycles. The van der Waals surface area contributed by atoms with E-state index < -0.39 is 5.60 Å². The lowest BCUT2D eigenvalue weighted by Gasteiger charge is -2.45. The maximum absolute atomic E-state index is 12.7. The van der Waals surface area contributed by atoms with E-state index in [2.05, 4.69) is 16.0 Å². The number of amides is 1. The molecule has 1 fully saturated rings. The molecule has 1 saturated heterocycles. The van der Waals surface area contributed by atoms with Crippen LogP contribution in [-0.2, 0) is 11.8 Å². The van der Waals surface area contributed by atoms with Crippen LogP contribution in [0.5, 0.6) is 0 Å². The highest BCUT2D eigenvalue weighted by Crippen LogP contribution is 2.30. The molecule has 1 aromatic carbocycles. The number of piperazine rings is 1. The highest BCUT2D eigenvalue weighted by molar-refractivity contribution is 5.91. The van der Waals surface area contributed by atoms with E-state index in [4.69, 9.17) is 4.74 Å². The van der Waals surface area contributed by atoms with Gasteiger partial charge in [0.2, 0.25) is 0 Å². The van der Waals surface area contributed by atoms with Crippen molar-refractivity contribution in [3.8, 4) is 6.07 Å². The standard InChI is InChI=1S/C22H29N5O3/c1-7-16-13-26(14(2)12-27(16)21(29)30-22(3,4)5)19-17-10-15(11-23)8-9-18(17)25(6)20(28)24-19/h8-10,14,16H,7,12-13H2,1-6H3/t14?,16-/m1/s1. The zero-order valence-electron chi connectivity index (χ0n) is 18.5. The summed E-state index contributed by atoms with van der Waals surface area (Å²) in [6.07, 6.45) is 0.420. The number of carbonyl (C=O) groups excluding carboxylic acids is 1. The van der Waals surface area contributed by atoms with Gasteiger partial charge in [-0.05, 0) is 52.3 Å². The van der Waals surface area contributed by atoms with Crippen LogP contribution in [0.1, 0.15) is 46.6 Å². The van der Waals surface area contributed by atoms with E-state index in [1.165, 1.54) is 4.57 Å². The van der Waals surface area contributed by atoms with Crippen molar-refractivity contribution in [3.05, 3.63) is 34.2 Å². The predicted molar refractivity (Wildman–Crippen MR) is 116 cm³/mol. The van der Waals surface area contributed by atoms with Crippen molar-refractivity contribution in [1.29, 1.82) is 5.26 Å². The Morgan fingerprint density at radius 1 is 1.33 bits per heavy atom. The number of carbonyl (C=O) groups is 1. The maximum Gasteiger partial charge on any atom is 0.410 e. The summed E-state index contributed by atoms with van der Waals surface area (Å²) in [5, 5.41) is 10.1. The summed E-state index contributed by atoms with van der Waals surface area (Å²) in [7, 11) is 1.67. The summed E-state index contributed by atoms with van der Waals surface area (Å²) >= 11 is 0. The van der Waals surface area contributed by atoms with Crippen LogP contribution in [0.2, 0.25) is 0 Å². The van der Waals surface area contributed by atoms with Gasteiger partial charge in [-0.3, -0.25) is 4.57 Å². The van der Waals surface area contributed by atoms with Gasteiger partial charge in [0.15, 0.2) is 0 Å². The van der Waals surface area contributed by atoms with Crippen molar-refractivity contribution in [1.82, 2.24) is 14.5 Å². The van der Waals surface area contributed by atoms with Crippen LogP contribution < -0.4 is 10.6 Å². The second-order valence-electron chi connectivity index (χ2n) is 8.82. The number of aryl methyl sites for hydroxylation is 1. The van der Waals surface area contributed by atoms with Crippen molar-refractivity contribution in [2.45, 2.75) is 58.7 Å². The Morgan fingerprint density at radius 2 is 2.03 bits per heavy atom. The molecular formula is C22H29N5O3. The first-order valence-electron chi connectivity index (χ1n) is 10.2. The van der Waals surface area contributed by atoms with E-state index in [0.717, 1.165) is 17.3 Å². The van der Waals surface area contributed by atoms with Gasteiger partial charge in [-0.15, -0.1) is 0 Å². The Morgan fingerprint density at radius 3 is 2.63 bits per heavy atom. The zero-order chi connectivity index (χ0) is 22.2. The minimum absolute atomic E-state index is 0.0730. The van der Waals surface area contributed by atoms with Crippen molar-refractivity contribution in [2.75, 3.05) is 18.0 Å². The fraction of sp³-hybridized carbons (Fsp3) is 0.545. The molecule has 8 heteroatoms. The third-order valence-electron chi connectivity index (χ3n) is 5.43. The number of fused-ring (bicyclic) bond motifs is 1. The lowest BCUT2D eigenvalue weighted by atomic mass is 10.0. The van der Waals surface area contributed by atoms with E-state index in [9.17, 15) is 14.9 Å². The van der Waals surface area contributed by atoms with E-state index in [1.54, 1.807) is 30.1 Å². The number of rotatable bonds is 2. The molecule has 8 nitrogen and oxygen atoms in total. The van der Waals surface area contributed by atoms with Crippen molar-refractivity contribution in [2.24, 2.45) is 7.05 Å². The molecule has 0 bridgehead atoms. The van der Waals surface area contributed by atoms with Gasteiger partial charge in [-0.25, -0.2) is 9.59 Å². The average Bonchev–Trinajstić information content (AvgIpc) is 2.69. The van der Waals surface area contributed by atoms with E-state index in [0.29, 0.717) is 24.5 Å². The second kappa shape index (κ2) is 7.98. The molecule has 2 heterocycles. The van der Waals surface area contributed by atoms with Crippen LogP contribution in [0, 0.1) is 11.3 Å². The van der Waals surface area contributed by atoms with Gasteiger partial charge in [-0.1, -0.05) is 6.92 Å². The molecule has 2 atom stereocenters. The smallest absolute Gasteiger partial charge is 0.410 e. The fourth-order valence-electron chi connectivity index (χ4n) is 3.85. The summed E-state index contributed by atoms with van der Waals surface area (Å²) in [6, 6.07) is 7.25. The van der Waals surface area contributed by atoms with Gasteiger partial charge in [0.25, 0.3) is 0 Å². The highest BCUT2D eigenvalue weighted by atomic mass is 16.6. The minimum atomic E-state index is -0.563. The molecule has 1 aliphatic heterocycles. The SMILES string of the molecule is CC[C@@H]1CN(c2nc(=O)n(C)c3ccc(C#N)cc23)C(C)CN1C(=O)OC(C)(C)C. The third kappa shape index (κ3) is 4.11. The molecule has 1 amide bonds. The molecule has 1 aromatic heterocycles. The first-order valence-corrected chi connectivity index (χ1v) is 10.2. The third-order valence-corrected chi connectivity index (χ3v) is 5.43. The van der Waals surface area contributed by atoms with Gasteiger partial charge in [0, 0.05) is 31.6 Å². The first kappa shape index (κ1) is 21.6. The van der Waals surface area contributed by atoms with E-state index >= 15 is 0 Å². The normalized spacial score (nSPS) is 19.6. The Hall–Kier alpha value is -3.08. The molecule has 30 heavy (non-hydrogen) atoms. The van der Waals surface area contributed by atoms with Crippen LogP contribution in [0.25, 0.3) is 10.9 Å². The summed E-state index contributed by atoms with van der Waals surface area (Å²) in [6.45, 7) is 10.6. The first-order chi connectivity index (χ1) is 14.1. The number of anilines is 1. The van der Waals surface area contributed by atoms with Crippen LogP contribution in [0.15, 0.2) is 23.0 Å². The maximum atomic E-state index is 12.7. The largest absolute Gasteiger partial charge is 0.444 e. The van der Waals surface area contributed by atoms with Gasteiger partial charge in [0.05, 0.1) is 23.2 Å². The molecule has 0 spiro atoms. The lowest BCUT2D eigenvalue weighted by Crippen LogP contribution is -2.60. The second-order valence-corrected chi connectivity index (χ2v) is 8.82. The minimum Gasteiger partial charge on any atom is -0.444 e. The molecule has 1 unspecified atom stereocenters. The van der Waals surface area contributed by atoms with E-state index in [1.807, 2.05) is 34.6 Å². The number of ether oxygens (including phenoxy) is 1. The summed E-state index contributed by atoms with van der Waals surface area (Å²) in [4.78, 5) is 33.4. The van der Waals surface area contributed by atoms with Gasteiger partial charge >= 0.3 is 11.8 Å². The highest BCUT2D eigenvalue weighted by Gasteiger charge is 2.37. The molecule has 1 aliphatic rings. The quantitative estimate of drug-likeness (QED) is 0.754. The van der Waals surface area contributed by atoms with E-state index in [-0.39, 0.29) is 23.9 Å². The summed E-state index contributed by atoms with van der Waals surface area (Å²) in [5.74, 6) is 0.556. The Labute approximate surface area is 176 Å². The van der Waals surface area contributed by atoms with Crippen LogP contribution in [0.3, 0.4) is 0 Å². The van der Waals surface area contributed by atoms with Crippen molar-refractivity contribution >= 4 is 22.8 Å². The van der Waals surface area contributed by atoms with Gasteiger partial charge in [0.1, 0.15) is 11.4 Å². The lowest BCUT2D eigenvalue weighted by molar-refractivity contribution is 0.0106.